The summed E-state index contributed by atoms with van der Waals surface area (Å²) in [5.74, 6) is 1.65. The molecule has 3 heteroatoms. The Morgan fingerprint density at radius 1 is 1.53 bits per heavy atom. The fraction of sp³-hybridized carbons (Fsp3) is 0.417. The first-order valence-corrected chi connectivity index (χ1v) is 5.04. The minimum Gasteiger partial charge on any atom is -0.466 e. The lowest BCUT2D eigenvalue weighted by molar-refractivity contribution is -0.117. The highest BCUT2D eigenvalue weighted by molar-refractivity contribution is 5.87. The Morgan fingerprint density at radius 2 is 2.20 bits per heavy atom. The highest BCUT2D eigenvalue weighted by Gasteiger charge is 2.13. The Morgan fingerprint density at radius 3 is 2.67 bits per heavy atom. The maximum Gasteiger partial charge on any atom is 0.244 e. The molecule has 1 aromatic heterocycles. The van der Waals surface area contributed by atoms with Crippen LogP contribution in [0.3, 0.4) is 0 Å². The molecule has 0 aliphatic rings. The maximum absolute atomic E-state index is 11.3. The predicted molar refractivity (Wildman–Crippen MR) is 59.6 cm³/mol. The third kappa shape index (κ3) is 2.98. The molecule has 15 heavy (non-hydrogen) atoms. The van der Waals surface area contributed by atoms with Gasteiger partial charge in [-0.15, -0.1) is 0 Å². The van der Waals surface area contributed by atoms with Crippen LogP contribution in [0.5, 0.6) is 0 Å². The first kappa shape index (κ1) is 11.6. The minimum atomic E-state index is -0.0803. The van der Waals surface area contributed by atoms with Gasteiger partial charge in [-0.25, -0.2) is 0 Å². The van der Waals surface area contributed by atoms with Crippen LogP contribution < -0.4 is 5.32 Å². The van der Waals surface area contributed by atoms with Gasteiger partial charge in [0.05, 0.1) is 6.04 Å². The van der Waals surface area contributed by atoms with Crippen molar-refractivity contribution in [3.8, 4) is 0 Å². The zero-order valence-corrected chi connectivity index (χ0v) is 9.63. The molecule has 0 radical (unpaired) electrons. The molecule has 1 N–H and O–H groups in total. The molecule has 0 saturated carbocycles. The monoisotopic (exact) mass is 207 g/mol. The summed E-state index contributed by atoms with van der Waals surface area (Å²) >= 11 is 0. The molecule has 0 aliphatic carbocycles. The zero-order valence-electron chi connectivity index (χ0n) is 9.63. The van der Waals surface area contributed by atoms with Gasteiger partial charge in [-0.2, -0.15) is 0 Å². The Hall–Kier alpha value is -1.51. The molecular formula is C12H17NO2. The Kier molecular flexibility index (Phi) is 3.72. The molecule has 0 bridgehead atoms. The Bertz CT molecular complexity index is 377. The number of aryl methyl sites for hydroxylation is 2. The fourth-order valence-corrected chi connectivity index (χ4v) is 1.57. The number of rotatable bonds is 3. The van der Waals surface area contributed by atoms with Crippen molar-refractivity contribution in [2.45, 2.75) is 33.7 Å². The number of amides is 1. The van der Waals surface area contributed by atoms with Crippen molar-refractivity contribution in [1.29, 1.82) is 0 Å². The van der Waals surface area contributed by atoms with Crippen LogP contribution in [0.4, 0.5) is 0 Å². The lowest BCUT2D eigenvalue weighted by Crippen LogP contribution is -2.24. The highest BCUT2D eigenvalue weighted by atomic mass is 16.3. The van der Waals surface area contributed by atoms with Crippen LogP contribution in [0.1, 0.15) is 37.0 Å². The van der Waals surface area contributed by atoms with Gasteiger partial charge in [-0.05, 0) is 39.8 Å². The van der Waals surface area contributed by atoms with E-state index in [4.69, 9.17) is 4.42 Å². The second kappa shape index (κ2) is 4.82. The van der Waals surface area contributed by atoms with Crippen molar-refractivity contribution >= 4 is 5.91 Å². The van der Waals surface area contributed by atoms with Crippen LogP contribution in [-0.4, -0.2) is 5.91 Å². The van der Waals surface area contributed by atoms with E-state index >= 15 is 0 Å². The summed E-state index contributed by atoms with van der Waals surface area (Å²) in [6.45, 7) is 7.56. The quantitative estimate of drug-likeness (QED) is 0.774. The van der Waals surface area contributed by atoms with E-state index in [9.17, 15) is 4.79 Å². The van der Waals surface area contributed by atoms with Gasteiger partial charge in [0.2, 0.25) is 5.91 Å². The topological polar surface area (TPSA) is 42.2 Å². The van der Waals surface area contributed by atoms with E-state index < -0.39 is 0 Å². The van der Waals surface area contributed by atoms with Gasteiger partial charge >= 0.3 is 0 Å². The summed E-state index contributed by atoms with van der Waals surface area (Å²) in [6.07, 6.45) is 3.23. The third-order valence-electron chi connectivity index (χ3n) is 2.22. The van der Waals surface area contributed by atoms with Crippen molar-refractivity contribution in [3.05, 3.63) is 35.3 Å². The number of allylic oxidation sites excluding steroid dienone is 1. The summed E-state index contributed by atoms with van der Waals surface area (Å²) in [6, 6.07) is 1.93. The first-order chi connectivity index (χ1) is 7.04. The van der Waals surface area contributed by atoms with E-state index in [0.717, 1.165) is 17.1 Å². The van der Waals surface area contributed by atoms with Crippen molar-refractivity contribution in [3.63, 3.8) is 0 Å². The molecule has 1 aromatic rings. The van der Waals surface area contributed by atoms with Crippen LogP contribution in [-0.2, 0) is 4.79 Å². The second-order valence-corrected chi connectivity index (χ2v) is 3.60. The lowest BCUT2D eigenvalue weighted by atomic mass is 10.1. The summed E-state index contributed by atoms with van der Waals surface area (Å²) < 4.78 is 5.41. The van der Waals surface area contributed by atoms with E-state index in [1.165, 1.54) is 6.08 Å². The molecule has 1 atom stereocenters. The molecule has 1 heterocycles. The molecule has 0 aromatic carbocycles. The third-order valence-corrected chi connectivity index (χ3v) is 2.22. The summed E-state index contributed by atoms with van der Waals surface area (Å²) in [4.78, 5) is 11.3. The zero-order chi connectivity index (χ0) is 11.4. The standard InChI is InChI=1S/C12H17NO2/c1-5-6-12(14)13-9(3)11-7-8(2)15-10(11)4/h5-7,9H,1-4H3,(H,13,14). The highest BCUT2D eigenvalue weighted by Crippen LogP contribution is 2.20. The van der Waals surface area contributed by atoms with Gasteiger partial charge < -0.3 is 9.73 Å². The fourth-order valence-electron chi connectivity index (χ4n) is 1.57. The Balaban J connectivity index is 2.72. The molecule has 82 valence electrons. The number of hydrogen-bond acceptors (Lipinski definition) is 2. The van der Waals surface area contributed by atoms with Crippen molar-refractivity contribution < 1.29 is 9.21 Å². The SMILES string of the molecule is CC=CC(=O)NC(C)c1cc(C)oc1C. The molecule has 0 fully saturated rings. The van der Waals surface area contributed by atoms with E-state index in [1.807, 2.05) is 33.8 Å². The van der Waals surface area contributed by atoms with E-state index in [2.05, 4.69) is 5.32 Å². The van der Waals surface area contributed by atoms with Crippen LogP contribution >= 0.6 is 0 Å². The number of hydrogen-bond donors (Lipinski definition) is 1. The summed E-state index contributed by atoms with van der Waals surface area (Å²) in [7, 11) is 0. The van der Waals surface area contributed by atoms with Gasteiger partial charge in [-0.1, -0.05) is 6.08 Å². The summed E-state index contributed by atoms with van der Waals surface area (Å²) in [5, 5.41) is 2.87. The largest absolute Gasteiger partial charge is 0.466 e. The summed E-state index contributed by atoms with van der Waals surface area (Å²) in [5.41, 5.74) is 1.03. The van der Waals surface area contributed by atoms with Crippen LogP contribution in [0, 0.1) is 13.8 Å². The number of nitrogens with one attached hydrogen (secondary N) is 1. The van der Waals surface area contributed by atoms with E-state index in [0.29, 0.717) is 0 Å². The van der Waals surface area contributed by atoms with Gasteiger partial charge in [0.1, 0.15) is 11.5 Å². The molecule has 3 nitrogen and oxygen atoms in total. The predicted octanol–water partition coefficient (Wildman–Crippen LogP) is 2.65. The molecular weight excluding hydrogens is 190 g/mol. The van der Waals surface area contributed by atoms with Gasteiger partial charge in [0, 0.05) is 5.56 Å². The van der Waals surface area contributed by atoms with Crippen LogP contribution in [0.15, 0.2) is 22.6 Å². The lowest BCUT2D eigenvalue weighted by Gasteiger charge is -2.11. The minimum absolute atomic E-state index is 0.0221. The maximum atomic E-state index is 11.3. The number of furan rings is 1. The molecule has 1 amide bonds. The smallest absolute Gasteiger partial charge is 0.244 e. The molecule has 0 spiro atoms. The molecule has 1 unspecified atom stereocenters. The normalized spacial score (nSPS) is 13.1. The van der Waals surface area contributed by atoms with Crippen molar-refractivity contribution in [1.82, 2.24) is 5.32 Å². The number of carbonyl (C=O) groups excluding carboxylic acids is 1. The molecule has 0 saturated heterocycles. The van der Waals surface area contributed by atoms with E-state index in [1.54, 1.807) is 6.08 Å². The average molecular weight is 207 g/mol. The average Bonchev–Trinajstić information content (AvgIpc) is 2.45. The first-order valence-electron chi connectivity index (χ1n) is 5.04. The van der Waals surface area contributed by atoms with Crippen LogP contribution in [0.25, 0.3) is 0 Å². The molecule has 1 rings (SSSR count). The van der Waals surface area contributed by atoms with E-state index in [-0.39, 0.29) is 11.9 Å². The molecule has 0 aliphatic heterocycles. The van der Waals surface area contributed by atoms with Crippen LogP contribution in [0.2, 0.25) is 0 Å². The van der Waals surface area contributed by atoms with Crippen molar-refractivity contribution in [2.75, 3.05) is 0 Å². The number of carbonyl (C=O) groups is 1. The van der Waals surface area contributed by atoms with Gasteiger partial charge in [-0.3, -0.25) is 4.79 Å². The van der Waals surface area contributed by atoms with Gasteiger partial charge in [0.25, 0.3) is 0 Å². The van der Waals surface area contributed by atoms with Crippen molar-refractivity contribution in [2.24, 2.45) is 0 Å². The Labute approximate surface area is 90.2 Å². The second-order valence-electron chi connectivity index (χ2n) is 3.60. The van der Waals surface area contributed by atoms with Gasteiger partial charge in [0.15, 0.2) is 0 Å².